The summed E-state index contributed by atoms with van der Waals surface area (Å²) in [5.41, 5.74) is 0.556. The number of rotatable bonds is 3. The third-order valence-corrected chi connectivity index (χ3v) is 3.28. The van der Waals surface area contributed by atoms with Crippen LogP contribution in [0.4, 0.5) is 18.9 Å². The van der Waals surface area contributed by atoms with Gasteiger partial charge in [-0.25, -0.2) is 13.2 Å². The van der Waals surface area contributed by atoms with Gasteiger partial charge in [-0.3, -0.25) is 0 Å². The Labute approximate surface area is 120 Å². The summed E-state index contributed by atoms with van der Waals surface area (Å²) in [4.78, 5) is 0. The highest BCUT2D eigenvalue weighted by molar-refractivity contribution is 6.30. The SMILES string of the molecule is Cc1cc(F)c(C(C)Nc2ccc(Cl)cc2F)cc1F. The second-order valence-electron chi connectivity index (χ2n) is 4.61. The minimum Gasteiger partial charge on any atom is -0.376 e. The summed E-state index contributed by atoms with van der Waals surface area (Å²) in [5.74, 6) is -1.57. The van der Waals surface area contributed by atoms with Crippen LogP contribution in [0.5, 0.6) is 0 Å². The molecule has 0 aliphatic rings. The van der Waals surface area contributed by atoms with Crippen molar-refractivity contribution in [3.8, 4) is 0 Å². The number of halogens is 4. The Balaban J connectivity index is 2.28. The Hall–Kier alpha value is -1.68. The van der Waals surface area contributed by atoms with Gasteiger partial charge in [-0.15, -0.1) is 0 Å². The summed E-state index contributed by atoms with van der Waals surface area (Å²) in [6.45, 7) is 3.11. The predicted octanol–water partition coefficient (Wildman–Crippen LogP) is 5.24. The van der Waals surface area contributed by atoms with Gasteiger partial charge in [0, 0.05) is 10.6 Å². The number of anilines is 1. The van der Waals surface area contributed by atoms with Crippen molar-refractivity contribution in [2.75, 3.05) is 5.32 Å². The van der Waals surface area contributed by atoms with Crippen molar-refractivity contribution in [1.82, 2.24) is 0 Å². The topological polar surface area (TPSA) is 12.0 Å². The van der Waals surface area contributed by atoms with E-state index in [1.165, 1.54) is 19.1 Å². The van der Waals surface area contributed by atoms with E-state index in [0.717, 1.165) is 18.2 Å². The number of nitrogens with one attached hydrogen (secondary N) is 1. The molecule has 1 nitrogen and oxygen atoms in total. The molecule has 0 spiro atoms. The molecule has 1 unspecified atom stereocenters. The fraction of sp³-hybridized carbons (Fsp3) is 0.200. The average Bonchev–Trinajstić information content (AvgIpc) is 2.37. The molecule has 20 heavy (non-hydrogen) atoms. The molecule has 0 aliphatic heterocycles. The fourth-order valence-corrected chi connectivity index (χ4v) is 2.07. The second kappa shape index (κ2) is 5.75. The van der Waals surface area contributed by atoms with Gasteiger partial charge in [-0.2, -0.15) is 0 Å². The summed E-state index contributed by atoms with van der Waals surface area (Å²) in [5, 5.41) is 3.07. The van der Waals surface area contributed by atoms with Crippen molar-refractivity contribution in [3.63, 3.8) is 0 Å². The molecule has 0 radical (unpaired) electrons. The Kier molecular flexibility index (Phi) is 4.23. The van der Waals surface area contributed by atoms with E-state index in [1.54, 1.807) is 6.92 Å². The number of aryl methyl sites for hydroxylation is 1. The largest absolute Gasteiger partial charge is 0.376 e. The Morgan fingerprint density at radius 3 is 2.35 bits per heavy atom. The van der Waals surface area contributed by atoms with Gasteiger partial charge in [0.05, 0.1) is 11.7 Å². The molecule has 0 bridgehead atoms. The van der Waals surface area contributed by atoms with Crippen LogP contribution in [-0.4, -0.2) is 0 Å². The molecule has 0 heterocycles. The lowest BCUT2D eigenvalue weighted by Gasteiger charge is -2.17. The number of benzene rings is 2. The zero-order valence-electron chi connectivity index (χ0n) is 11.0. The van der Waals surface area contributed by atoms with Gasteiger partial charge in [0.1, 0.15) is 17.5 Å². The minimum absolute atomic E-state index is 0.141. The summed E-state index contributed by atoms with van der Waals surface area (Å²) in [6, 6.07) is 5.79. The lowest BCUT2D eigenvalue weighted by atomic mass is 10.0. The summed E-state index contributed by atoms with van der Waals surface area (Å²) < 4.78 is 41.0. The lowest BCUT2D eigenvalue weighted by Crippen LogP contribution is -2.10. The number of hydrogen-bond donors (Lipinski definition) is 1. The molecule has 106 valence electrons. The second-order valence-corrected chi connectivity index (χ2v) is 5.05. The van der Waals surface area contributed by atoms with Crippen LogP contribution in [0.25, 0.3) is 0 Å². The maximum absolute atomic E-state index is 13.8. The Morgan fingerprint density at radius 1 is 1.00 bits per heavy atom. The Bertz CT molecular complexity index is 643. The molecule has 2 aromatic rings. The van der Waals surface area contributed by atoms with Crippen LogP contribution in [0.3, 0.4) is 0 Å². The predicted molar refractivity (Wildman–Crippen MR) is 74.5 cm³/mol. The molecule has 0 fully saturated rings. The monoisotopic (exact) mass is 299 g/mol. The summed E-state index contributed by atoms with van der Waals surface area (Å²) >= 11 is 5.66. The van der Waals surface area contributed by atoms with Crippen molar-refractivity contribution < 1.29 is 13.2 Å². The zero-order chi connectivity index (χ0) is 14.9. The third kappa shape index (κ3) is 3.07. The highest BCUT2D eigenvalue weighted by Gasteiger charge is 2.15. The molecule has 0 aromatic heterocycles. The lowest BCUT2D eigenvalue weighted by molar-refractivity contribution is 0.569. The molecule has 5 heteroatoms. The highest BCUT2D eigenvalue weighted by atomic mass is 35.5. The highest BCUT2D eigenvalue weighted by Crippen LogP contribution is 2.26. The molecule has 1 N–H and O–H groups in total. The van der Waals surface area contributed by atoms with Crippen LogP contribution in [-0.2, 0) is 0 Å². The first-order valence-corrected chi connectivity index (χ1v) is 6.43. The standard InChI is InChI=1S/C15H13ClF3N/c1-8-5-13(18)11(7-12(8)17)9(2)20-15-4-3-10(16)6-14(15)19/h3-7,9,20H,1-2H3. The normalized spacial score (nSPS) is 12.3. The van der Waals surface area contributed by atoms with Gasteiger partial charge >= 0.3 is 0 Å². The van der Waals surface area contributed by atoms with Crippen molar-refractivity contribution in [3.05, 3.63) is 63.9 Å². The van der Waals surface area contributed by atoms with E-state index in [2.05, 4.69) is 5.32 Å². The molecule has 2 aromatic carbocycles. The fourth-order valence-electron chi connectivity index (χ4n) is 1.91. The van der Waals surface area contributed by atoms with Gasteiger partial charge < -0.3 is 5.32 Å². The van der Waals surface area contributed by atoms with Crippen LogP contribution in [0.1, 0.15) is 24.1 Å². The molecule has 1 atom stereocenters. The van der Waals surface area contributed by atoms with Gasteiger partial charge in [-0.1, -0.05) is 11.6 Å². The minimum atomic E-state index is -0.583. The zero-order valence-corrected chi connectivity index (χ0v) is 11.7. The maximum atomic E-state index is 13.8. The van der Waals surface area contributed by atoms with Crippen LogP contribution < -0.4 is 5.32 Å². The average molecular weight is 300 g/mol. The smallest absolute Gasteiger partial charge is 0.147 e. The van der Waals surface area contributed by atoms with Gasteiger partial charge in [0.15, 0.2) is 0 Å². The van der Waals surface area contributed by atoms with Gasteiger partial charge in [0.25, 0.3) is 0 Å². The Morgan fingerprint density at radius 2 is 1.70 bits per heavy atom. The van der Waals surface area contributed by atoms with E-state index in [0.29, 0.717) is 0 Å². The van der Waals surface area contributed by atoms with E-state index in [-0.39, 0.29) is 21.8 Å². The first-order valence-electron chi connectivity index (χ1n) is 6.05. The molecule has 0 saturated carbocycles. The molecular weight excluding hydrogens is 287 g/mol. The molecule has 2 rings (SSSR count). The first kappa shape index (κ1) is 14.7. The van der Waals surface area contributed by atoms with Crippen molar-refractivity contribution in [2.24, 2.45) is 0 Å². The summed E-state index contributed by atoms with van der Waals surface area (Å²) in [7, 11) is 0. The van der Waals surface area contributed by atoms with Crippen LogP contribution >= 0.6 is 11.6 Å². The third-order valence-electron chi connectivity index (χ3n) is 3.05. The molecular formula is C15H13ClF3N. The van der Waals surface area contributed by atoms with Crippen LogP contribution in [0.2, 0.25) is 5.02 Å². The maximum Gasteiger partial charge on any atom is 0.147 e. The molecule has 0 aliphatic carbocycles. The number of hydrogen-bond acceptors (Lipinski definition) is 1. The summed E-state index contributed by atoms with van der Waals surface area (Å²) in [6.07, 6.45) is 0. The van der Waals surface area contributed by atoms with E-state index >= 15 is 0 Å². The van der Waals surface area contributed by atoms with Crippen molar-refractivity contribution in [2.45, 2.75) is 19.9 Å². The van der Waals surface area contributed by atoms with Gasteiger partial charge in [-0.05, 0) is 49.7 Å². The molecule has 0 amide bonds. The van der Waals surface area contributed by atoms with E-state index < -0.39 is 23.5 Å². The van der Waals surface area contributed by atoms with Crippen molar-refractivity contribution in [1.29, 1.82) is 0 Å². The van der Waals surface area contributed by atoms with E-state index in [9.17, 15) is 13.2 Å². The van der Waals surface area contributed by atoms with E-state index in [1.807, 2.05) is 0 Å². The quantitative estimate of drug-likeness (QED) is 0.817. The van der Waals surface area contributed by atoms with Crippen LogP contribution in [0.15, 0.2) is 30.3 Å². The first-order chi connectivity index (χ1) is 9.38. The molecule has 0 saturated heterocycles. The van der Waals surface area contributed by atoms with E-state index in [4.69, 9.17) is 11.6 Å². The van der Waals surface area contributed by atoms with Crippen molar-refractivity contribution >= 4 is 17.3 Å². The van der Waals surface area contributed by atoms with Gasteiger partial charge in [0.2, 0.25) is 0 Å². The van der Waals surface area contributed by atoms with Crippen LogP contribution in [0, 0.1) is 24.4 Å².